The largest absolute Gasteiger partial charge is 0.460 e. The van der Waals surface area contributed by atoms with Gasteiger partial charge in [0.05, 0.1) is 25.8 Å². The molecule has 0 spiro atoms. The molecule has 102 valence electrons. The Balaban J connectivity index is 4.22. The number of esters is 1. The molecule has 0 saturated heterocycles. The van der Waals surface area contributed by atoms with Crippen molar-refractivity contribution in [2.24, 2.45) is 0 Å². The summed E-state index contributed by atoms with van der Waals surface area (Å²) in [4.78, 5) is 11.5. The van der Waals surface area contributed by atoms with Crippen LogP contribution in [0.3, 0.4) is 0 Å². The molecule has 0 atom stereocenters. The lowest BCUT2D eigenvalue weighted by Crippen LogP contribution is -2.24. The maximum absolute atomic E-state index is 12.0. The summed E-state index contributed by atoms with van der Waals surface area (Å²) in [7, 11) is -3.14. The number of carbonyl (C=O) groups excluding carboxylic acids is 1. The molecule has 0 aromatic carbocycles. The molecule has 0 unspecified atom stereocenters. The van der Waals surface area contributed by atoms with Gasteiger partial charge in [-0.3, -0.25) is 9.36 Å². The molecule has 0 fully saturated rings. The lowest BCUT2D eigenvalue weighted by Gasteiger charge is -2.21. The Morgan fingerprint density at radius 3 is 1.94 bits per heavy atom. The van der Waals surface area contributed by atoms with Crippen LogP contribution in [0.1, 0.15) is 41.0 Å². The quantitative estimate of drug-likeness (QED) is 0.523. The van der Waals surface area contributed by atoms with Gasteiger partial charge in [-0.25, -0.2) is 0 Å². The SMILES string of the molecule is CCOP(=O)(CCC(=O)OC(C)(C)C)OCC. The minimum absolute atomic E-state index is 0.0363. The summed E-state index contributed by atoms with van der Waals surface area (Å²) in [6.45, 7) is 9.43. The Labute approximate surface area is 103 Å². The fourth-order valence-corrected chi connectivity index (χ4v) is 2.76. The minimum Gasteiger partial charge on any atom is -0.460 e. The highest BCUT2D eigenvalue weighted by Crippen LogP contribution is 2.48. The molecule has 0 radical (unpaired) electrons. The molecule has 6 heteroatoms. The van der Waals surface area contributed by atoms with E-state index < -0.39 is 19.2 Å². The summed E-state index contributed by atoms with van der Waals surface area (Å²) in [6, 6.07) is 0. The molecule has 0 amide bonds. The van der Waals surface area contributed by atoms with Crippen molar-refractivity contribution < 1.29 is 23.1 Å². The second-order valence-electron chi connectivity index (χ2n) is 4.51. The lowest BCUT2D eigenvalue weighted by molar-refractivity contribution is -0.154. The molecular weight excluding hydrogens is 243 g/mol. The van der Waals surface area contributed by atoms with Gasteiger partial charge < -0.3 is 13.8 Å². The van der Waals surface area contributed by atoms with Crippen molar-refractivity contribution in [3.63, 3.8) is 0 Å². The van der Waals surface area contributed by atoms with Gasteiger partial charge in [0.15, 0.2) is 0 Å². The van der Waals surface area contributed by atoms with Crippen LogP contribution < -0.4 is 0 Å². The van der Waals surface area contributed by atoms with Gasteiger partial charge in [-0.1, -0.05) is 0 Å². The standard InChI is InChI=1S/C11H23O5P/c1-6-14-17(13,15-7-2)9-8-10(12)16-11(3,4)5/h6-9H2,1-5H3. The van der Waals surface area contributed by atoms with Gasteiger partial charge in [0.1, 0.15) is 5.60 Å². The Kier molecular flexibility index (Phi) is 6.98. The van der Waals surface area contributed by atoms with Gasteiger partial charge in [-0.2, -0.15) is 0 Å². The van der Waals surface area contributed by atoms with E-state index in [1.165, 1.54) is 0 Å². The molecule has 0 heterocycles. The first kappa shape index (κ1) is 16.6. The maximum atomic E-state index is 12.0. The summed E-state index contributed by atoms with van der Waals surface area (Å²) in [5, 5.41) is 0. The molecule has 0 aromatic heterocycles. The molecule has 0 rings (SSSR count). The summed E-state index contributed by atoms with van der Waals surface area (Å²) >= 11 is 0. The topological polar surface area (TPSA) is 61.8 Å². The van der Waals surface area contributed by atoms with Crippen molar-refractivity contribution in [1.82, 2.24) is 0 Å². The van der Waals surface area contributed by atoms with Crippen molar-refractivity contribution in [1.29, 1.82) is 0 Å². The van der Waals surface area contributed by atoms with Crippen LogP contribution >= 0.6 is 7.60 Å². The zero-order valence-electron chi connectivity index (χ0n) is 11.3. The number of rotatable bonds is 7. The van der Waals surface area contributed by atoms with E-state index in [2.05, 4.69) is 0 Å². The fourth-order valence-electron chi connectivity index (χ4n) is 1.18. The third-order valence-electron chi connectivity index (χ3n) is 1.66. The van der Waals surface area contributed by atoms with E-state index in [1.54, 1.807) is 34.6 Å². The van der Waals surface area contributed by atoms with Crippen LogP contribution in [0, 0.1) is 0 Å². The molecule has 17 heavy (non-hydrogen) atoms. The van der Waals surface area contributed by atoms with Crippen LogP contribution in [-0.4, -0.2) is 30.9 Å². The third kappa shape index (κ3) is 8.36. The summed E-state index contributed by atoms with van der Waals surface area (Å²) in [6.07, 6.45) is 0.0954. The van der Waals surface area contributed by atoms with E-state index >= 15 is 0 Å². The predicted octanol–water partition coefficient (Wildman–Crippen LogP) is 2.98. The average Bonchev–Trinajstić information content (AvgIpc) is 2.13. The molecule has 0 aliphatic carbocycles. The van der Waals surface area contributed by atoms with Crippen LogP contribution in [0.2, 0.25) is 0 Å². The van der Waals surface area contributed by atoms with Crippen molar-refractivity contribution >= 4 is 13.6 Å². The Bertz CT molecular complexity index is 272. The Hall–Kier alpha value is -0.380. The smallest absolute Gasteiger partial charge is 0.331 e. The highest BCUT2D eigenvalue weighted by molar-refractivity contribution is 7.53. The number of hydrogen-bond acceptors (Lipinski definition) is 5. The van der Waals surface area contributed by atoms with Crippen molar-refractivity contribution in [2.75, 3.05) is 19.4 Å². The average molecular weight is 266 g/mol. The molecule has 0 N–H and O–H groups in total. The molecule has 0 bridgehead atoms. The number of ether oxygens (including phenoxy) is 1. The van der Waals surface area contributed by atoms with Gasteiger partial charge in [0.25, 0.3) is 0 Å². The van der Waals surface area contributed by atoms with Gasteiger partial charge in [0, 0.05) is 0 Å². The van der Waals surface area contributed by atoms with E-state index in [1.807, 2.05) is 0 Å². The van der Waals surface area contributed by atoms with Crippen LogP contribution in [0.5, 0.6) is 0 Å². The van der Waals surface area contributed by atoms with E-state index in [4.69, 9.17) is 13.8 Å². The lowest BCUT2D eigenvalue weighted by atomic mass is 10.2. The van der Waals surface area contributed by atoms with Crippen LogP contribution in [0.4, 0.5) is 0 Å². The van der Waals surface area contributed by atoms with Crippen molar-refractivity contribution in [3.05, 3.63) is 0 Å². The van der Waals surface area contributed by atoms with Gasteiger partial charge in [-0.15, -0.1) is 0 Å². The minimum atomic E-state index is -3.14. The van der Waals surface area contributed by atoms with E-state index in [9.17, 15) is 9.36 Å². The summed E-state index contributed by atoms with van der Waals surface area (Å²) in [5.41, 5.74) is -0.529. The van der Waals surface area contributed by atoms with Crippen molar-refractivity contribution in [2.45, 2.75) is 46.6 Å². The molecule has 5 nitrogen and oxygen atoms in total. The highest BCUT2D eigenvalue weighted by atomic mass is 31.2. The molecule has 0 aliphatic heterocycles. The monoisotopic (exact) mass is 266 g/mol. The third-order valence-corrected chi connectivity index (χ3v) is 3.74. The number of carbonyl (C=O) groups is 1. The predicted molar refractivity (Wildman–Crippen MR) is 66.2 cm³/mol. The summed E-state index contributed by atoms with van der Waals surface area (Å²) in [5.74, 6) is -0.392. The first-order valence-corrected chi connectivity index (χ1v) is 7.55. The highest BCUT2D eigenvalue weighted by Gasteiger charge is 2.26. The maximum Gasteiger partial charge on any atom is 0.331 e. The molecule has 0 aliphatic rings. The normalized spacial score (nSPS) is 12.5. The van der Waals surface area contributed by atoms with Crippen LogP contribution in [-0.2, 0) is 23.1 Å². The van der Waals surface area contributed by atoms with Crippen LogP contribution in [0.25, 0.3) is 0 Å². The fraction of sp³-hybridized carbons (Fsp3) is 0.909. The van der Waals surface area contributed by atoms with Gasteiger partial charge >= 0.3 is 13.6 Å². The van der Waals surface area contributed by atoms with Crippen LogP contribution in [0.15, 0.2) is 0 Å². The Morgan fingerprint density at radius 2 is 1.59 bits per heavy atom. The number of hydrogen-bond donors (Lipinski definition) is 0. The second kappa shape index (κ2) is 7.14. The first-order chi connectivity index (χ1) is 7.72. The zero-order chi connectivity index (χ0) is 13.5. The van der Waals surface area contributed by atoms with Crippen molar-refractivity contribution in [3.8, 4) is 0 Å². The Morgan fingerprint density at radius 1 is 1.12 bits per heavy atom. The molecule has 0 aromatic rings. The van der Waals surface area contributed by atoms with Gasteiger partial charge in [0.2, 0.25) is 0 Å². The first-order valence-electron chi connectivity index (χ1n) is 5.82. The molecular formula is C11H23O5P. The van der Waals surface area contributed by atoms with E-state index in [0.29, 0.717) is 13.2 Å². The zero-order valence-corrected chi connectivity index (χ0v) is 12.2. The molecule has 0 saturated carbocycles. The van der Waals surface area contributed by atoms with E-state index in [-0.39, 0.29) is 12.6 Å². The second-order valence-corrected chi connectivity index (χ2v) is 6.69. The van der Waals surface area contributed by atoms with Gasteiger partial charge in [-0.05, 0) is 34.6 Å². The van der Waals surface area contributed by atoms with E-state index in [0.717, 1.165) is 0 Å². The summed E-state index contributed by atoms with van der Waals surface area (Å²) < 4.78 is 27.3.